The van der Waals surface area contributed by atoms with Gasteiger partial charge in [-0.1, -0.05) is 0 Å². The molecule has 1 aromatic heterocycles. The van der Waals surface area contributed by atoms with Crippen molar-refractivity contribution in [1.29, 1.82) is 0 Å². The van der Waals surface area contributed by atoms with Gasteiger partial charge < -0.3 is 14.8 Å². The highest BCUT2D eigenvalue weighted by atomic mass is 16.6. The van der Waals surface area contributed by atoms with Crippen LogP contribution < -0.4 is 5.32 Å². The first-order valence-electron chi connectivity index (χ1n) is 7.61. The number of nitrogens with one attached hydrogen (secondary N) is 1. The molecule has 4 heterocycles. The number of rotatable bonds is 1. The van der Waals surface area contributed by atoms with Crippen LogP contribution in [0.15, 0.2) is 6.33 Å². The van der Waals surface area contributed by atoms with Crippen molar-refractivity contribution in [1.82, 2.24) is 15.3 Å². The molecule has 0 bridgehead atoms. The lowest BCUT2D eigenvalue weighted by Crippen LogP contribution is -2.40. The number of hydrogen-bond donors (Lipinski definition) is 1. The summed E-state index contributed by atoms with van der Waals surface area (Å²) in [6.07, 6.45) is 5.88. The fourth-order valence-electron chi connectivity index (χ4n) is 3.77. The predicted octanol–water partition coefficient (Wildman–Crippen LogP) is 1.18. The lowest BCUT2D eigenvalue weighted by molar-refractivity contribution is -0.0869. The molecule has 1 aromatic rings. The minimum atomic E-state index is -0.0527. The zero-order valence-electron chi connectivity index (χ0n) is 11.7. The maximum atomic E-state index is 6.04. The summed E-state index contributed by atoms with van der Waals surface area (Å²) < 4.78 is 11.6. The molecule has 0 aromatic carbocycles. The summed E-state index contributed by atoms with van der Waals surface area (Å²) in [6.45, 7) is 4.33. The van der Waals surface area contributed by atoms with Gasteiger partial charge in [-0.15, -0.1) is 0 Å². The number of ether oxygens (including phenoxy) is 2. The van der Waals surface area contributed by atoms with Crippen molar-refractivity contribution in [3.05, 3.63) is 23.3 Å². The first kappa shape index (κ1) is 12.7. The first-order valence-corrected chi connectivity index (χ1v) is 7.61. The third kappa shape index (κ3) is 2.14. The molecular formula is C15H21N3O2. The van der Waals surface area contributed by atoms with Crippen molar-refractivity contribution in [2.45, 2.75) is 43.7 Å². The zero-order valence-corrected chi connectivity index (χ0v) is 11.7. The topological polar surface area (TPSA) is 56.3 Å². The molecule has 1 spiro atoms. The second-order valence-corrected chi connectivity index (χ2v) is 6.13. The van der Waals surface area contributed by atoms with Gasteiger partial charge in [0.1, 0.15) is 6.33 Å². The molecule has 3 aliphatic heterocycles. The van der Waals surface area contributed by atoms with Gasteiger partial charge in [-0.3, -0.25) is 0 Å². The standard InChI is InChI=1S/C15H21N3O2/c1-4-16-8-12-13(1)17-10-18-14(12)11-2-5-20-15(7-11)3-6-19-9-15/h10-11,16H,1-9H2. The van der Waals surface area contributed by atoms with Gasteiger partial charge in [0.25, 0.3) is 0 Å². The van der Waals surface area contributed by atoms with Crippen molar-refractivity contribution in [2.24, 2.45) is 0 Å². The number of nitrogens with zero attached hydrogens (tertiary/aromatic N) is 2. The lowest BCUT2D eigenvalue weighted by atomic mass is 9.81. The third-order valence-electron chi connectivity index (χ3n) is 4.86. The number of aromatic nitrogens is 2. The summed E-state index contributed by atoms with van der Waals surface area (Å²) in [7, 11) is 0. The highest BCUT2D eigenvalue weighted by Crippen LogP contribution is 2.41. The Hall–Kier alpha value is -1.04. The molecule has 0 radical (unpaired) electrons. The molecule has 2 fully saturated rings. The minimum Gasteiger partial charge on any atom is -0.378 e. The third-order valence-corrected chi connectivity index (χ3v) is 4.86. The summed E-state index contributed by atoms with van der Waals surface area (Å²) >= 11 is 0. The van der Waals surface area contributed by atoms with Crippen LogP contribution in [-0.4, -0.2) is 41.9 Å². The van der Waals surface area contributed by atoms with Crippen LogP contribution in [0.4, 0.5) is 0 Å². The molecule has 3 aliphatic rings. The van der Waals surface area contributed by atoms with E-state index in [1.165, 1.54) is 17.0 Å². The Balaban J connectivity index is 1.64. The van der Waals surface area contributed by atoms with Crippen molar-refractivity contribution in [3.8, 4) is 0 Å². The summed E-state index contributed by atoms with van der Waals surface area (Å²) in [5, 5.41) is 3.45. The maximum Gasteiger partial charge on any atom is 0.115 e. The maximum absolute atomic E-state index is 6.04. The molecule has 2 atom stereocenters. The molecule has 0 aliphatic carbocycles. The van der Waals surface area contributed by atoms with E-state index in [2.05, 4.69) is 15.3 Å². The SMILES string of the molecule is c1nc2c(c(C3CCOC4(CCOC4)C3)n1)CNCC2. The van der Waals surface area contributed by atoms with Crippen LogP contribution in [0.3, 0.4) is 0 Å². The van der Waals surface area contributed by atoms with Gasteiger partial charge in [0, 0.05) is 56.3 Å². The van der Waals surface area contributed by atoms with E-state index >= 15 is 0 Å². The summed E-state index contributed by atoms with van der Waals surface area (Å²) in [4.78, 5) is 9.08. The zero-order chi connectivity index (χ0) is 13.4. The fourth-order valence-corrected chi connectivity index (χ4v) is 3.77. The van der Waals surface area contributed by atoms with Crippen LogP contribution in [0.1, 0.15) is 42.1 Å². The first-order chi connectivity index (χ1) is 9.86. The molecule has 0 amide bonds. The molecule has 4 rings (SSSR count). The molecule has 0 saturated carbocycles. The Morgan fingerprint density at radius 2 is 2.30 bits per heavy atom. The van der Waals surface area contributed by atoms with Gasteiger partial charge in [0.05, 0.1) is 17.9 Å². The molecule has 1 N–H and O–H groups in total. The van der Waals surface area contributed by atoms with E-state index in [0.717, 1.165) is 58.6 Å². The Bertz CT molecular complexity index is 500. The Morgan fingerprint density at radius 3 is 3.20 bits per heavy atom. The van der Waals surface area contributed by atoms with E-state index in [9.17, 15) is 0 Å². The van der Waals surface area contributed by atoms with Crippen LogP contribution in [0.5, 0.6) is 0 Å². The van der Waals surface area contributed by atoms with E-state index in [0.29, 0.717) is 5.92 Å². The van der Waals surface area contributed by atoms with Crippen molar-refractivity contribution >= 4 is 0 Å². The molecule has 2 unspecified atom stereocenters. The predicted molar refractivity (Wildman–Crippen MR) is 73.5 cm³/mol. The average Bonchev–Trinajstić information content (AvgIpc) is 2.94. The molecule has 108 valence electrons. The van der Waals surface area contributed by atoms with Crippen LogP contribution in [0, 0.1) is 0 Å². The average molecular weight is 275 g/mol. The van der Waals surface area contributed by atoms with E-state index in [1.54, 1.807) is 6.33 Å². The van der Waals surface area contributed by atoms with Gasteiger partial charge in [-0.2, -0.15) is 0 Å². The number of hydrogen-bond acceptors (Lipinski definition) is 5. The lowest BCUT2D eigenvalue weighted by Gasteiger charge is -2.37. The Kier molecular flexibility index (Phi) is 3.21. The molecule has 5 heteroatoms. The van der Waals surface area contributed by atoms with Crippen LogP contribution in [0.2, 0.25) is 0 Å². The molecular weight excluding hydrogens is 254 g/mol. The van der Waals surface area contributed by atoms with E-state index in [1.807, 2.05) is 0 Å². The summed E-state index contributed by atoms with van der Waals surface area (Å²) in [5.74, 6) is 0.488. The van der Waals surface area contributed by atoms with Crippen molar-refractivity contribution in [2.75, 3.05) is 26.4 Å². The van der Waals surface area contributed by atoms with E-state index in [4.69, 9.17) is 9.47 Å². The molecule has 5 nitrogen and oxygen atoms in total. The van der Waals surface area contributed by atoms with Crippen LogP contribution in [-0.2, 0) is 22.4 Å². The quantitative estimate of drug-likeness (QED) is 0.834. The fraction of sp³-hybridized carbons (Fsp3) is 0.733. The van der Waals surface area contributed by atoms with E-state index < -0.39 is 0 Å². The van der Waals surface area contributed by atoms with Gasteiger partial charge in [-0.25, -0.2) is 9.97 Å². The monoisotopic (exact) mass is 275 g/mol. The van der Waals surface area contributed by atoms with Crippen LogP contribution >= 0.6 is 0 Å². The Morgan fingerprint density at radius 1 is 1.30 bits per heavy atom. The van der Waals surface area contributed by atoms with Gasteiger partial charge >= 0.3 is 0 Å². The highest BCUT2D eigenvalue weighted by Gasteiger charge is 2.42. The minimum absolute atomic E-state index is 0.0527. The van der Waals surface area contributed by atoms with Crippen LogP contribution in [0.25, 0.3) is 0 Å². The normalized spacial score (nSPS) is 33.3. The van der Waals surface area contributed by atoms with Crippen molar-refractivity contribution < 1.29 is 9.47 Å². The van der Waals surface area contributed by atoms with Gasteiger partial charge in [-0.05, 0) is 12.8 Å². The smallest absolute Gasteiger partial charge is 0.115 e. The highest BCUT2D eigenvalue weighted by molar-refractivity contribution is 5.30. The van der Waals surface area contributed by atoms with Crippen molar-refractivity contribution in [3.63, 3.8) is 0 Å². The number of fused-ring (bicyclic) bond motifs is 1. The van der Waals surface area contributed by atoms with Gasteiger partial charge in [0.2, 0.25) is 0 Å². The summed E-state index contributed by atoms with van der Waals surface area (Å²) in [6, 6.07) is 0. The largest absolute Gasteiger partial charge is 0.378 e. The van der Waals surface area contributed by atoms with Gasteiger partial charge in [0.15, 0.2) is 0 Å². The second-order valence-electron chi connectivity index (χ2n) is 6.13. The molecule has 2 saturated heterocycles. The second kappa shape index (κ2) is 5.06. The summed E-state index contributed by atoms with van der Waals surface area (Å²) in [5.41, 5.74) is 3.76. The molecule has 20 heavy (non-hydrogen) atoms. The Labute approximate surface area is 119 Å². The van der Waals surface area contributed by atoms with E-state index in [-0.39, 0.29) is 5.60 Å².